The molecule has 1 aromatic carbocycles. The topological polar surface area (TPSA) is 58.3 Å². The number of hydrogen-bond donors (Lipinski definition) is 3. The molecule has 0 heterocycles. The number of nitrogens with one attached hydrogen (secondary N) is 1. The molecule has 0 aliphatic heterocycles. The first kappa shape index (κ1) is 12.5. The van der Waals surface area contributed by atoms with Crippen LogP contribution in [0, 0.1) is 0 Å². The average Bonchev–Trinajstić information content (AvgIpc) is 2.21. The van der Waals surface area contributed by atoms with Gasteiger partial charge in [-0.05, 0) is 42.4 Å². The molecule has 0 saturated heterocycles. The van der Waals surface area contributed by atoms with Crippen molar-refractivity contribution in [3.05, 3.63) is 28.2 Å². The van der Waals surface area contributed by atoms with Gasteiger partial charge in [-0.15, -0.1) is 0 Å². The van der Waals surface area contributed by atoms with Gasteiger partial charge >= 0.3 is 0 Å². The summed E-state index contributed by atoms with van der Waals surface area (Å²) in [5.41, 5.74) is 7.28. The third-order valence-corrected chi connectivity index (χ3v) is 3.21. The van der Waals surface area contributed by atoms with Gasteiger partial charge in [0, 0.05) is 16.1 Å². The summed E-state index contributed by atoms with van der Waals surface area (Å²) < 4.78 is 0.830. The Labute approximate surface area is 98.8 Å². The average molecular weight is 273 g/mol. The molecule has 15 heavy (non-hydrogen) atoms. The molecule has 0 spiro atoms. The number of nitrogens with two attached hydrogens (primary N) is 1. The SMILES string of the molecule is CNC(C)CC(O)c1cccc(Br)c1N. The summed E-state index contributed by atoms with van der Waals surface area (Å²) in [7, 11) is 1.88. The fourth-order valence-corrected chi connectivity index (χ4v) is 1.81. The second-order valence-electron chi connectivity index (χ2n) is 3.68. The van der Waals surface area contributed by atoms with E-state index in [1.165, 1.54) is 0 Å². The van der Waals surface area contributed by atoms with Crippen LogP contribution in [0.5, 0.6) is 0 Å². The van der Waals surface area contributed by atoms with E-state index >= 15 is 0 Å². The van der Waals surface area contributed by atoms with Gasteiger partial charge in [0.1, 0.15) is 0 Å². The first-order valence-corrected chi connectivity index (χ1v) is 5.74. The van der Waals surface area contributed by atoms with E-state index in [9.17, 15) is 5.11 Å². The highest BCUT2D eigenvalue weighted by Crippen LogP contribution is 2.29. The van der Waals surface area contributed by atoms with Crippen molar-refractivity contribution >= 4 is 21.6 Å². The zero-order chi connectivity index (χ0) is 11.4. The van der Waals surface area contributed by atoms with Crippen LogP contribution in [0.15, 0.2) is 22.7 Å². The van der Waals surface area contributed by atoms with Crippen molar-refractivity contribution in [2.45, 2.75) is 25.5 Å². The third kappa shape index (κ3) is 3.19. The number of halogens is 1. The van der Waals surface area contributed by atoms with Crippen molar-refractivity contribution in [3.8, 4) is 0 Å². The molecule has 1 aromatic rings. The highest BCUT2D eigenvalue weighted by molar-refractivity contribution is 9.10. The summed E-state index contributed by atoms with van der Waals surface area (Å²) in [6.07, 6.45) is 0.127. The van der Waals surface area contributed by atoms with E-state index in [-0.39, 0.29) is 6.04 Å². The number of benzene rings is 1. The molecule has 1 rings (SSSR count). The largest absolute Gasteiger partial charge is 0.398 e. The number of hydrogen-bond acceptors (Lipinski definition) is 3. The molecule has 2 unspecified atom stereocenters. The fraction of sp³-hybridized carbons (Fsp3) is 0.455. The van der Waals surface area contributed by atoms with E-state index in [1.54, 1.807) is 0 Å². The Morgan fingerprint density at radius 1 is 1.53 bits per heavy atom. The second-order valence-corrected chi connectivity index (χ2v) is 4.54. The van der Waals surface area contributed by atoms with Crippen LogP contribution in [-0.2, 0) is 0 Å². The van der Waals surface area contributed by atoms with Crippen LogP contribution in [0.1, 0.15) is 25.0 Å². The molecule has 0 amide bonds. The van der Waals surface area contributed by atoms with Gasteiger partial charge in [0.25, 0.3) is 0 Å². The van der Waals surface area contributed by atoms with Crippen molar-refractivity contribution in [1.29, 1.82) is 0 Å². The van der Waals surface area contributed by atoms with Crippen molar-refractivity contribution < 1.29 is 5.11 Å². The molecule has 2 atom stereocenters. The maximum atomic E-state index is 9.99. The van der Waals surface area contributed by atoms with Crippen LogP contribution in [0.25, 0.3) is 0 Å². The monoisotopic (exact) mass is 272 g/mol. The van der Waals surface area contributed by atoms with Crippen molar-refractivity contribution in [1.82, 2.24) is 5.32 Å². The highest BCUT2D eigenvalue weighted by Gasteiger charge is 2.14. The quantitative estimate of drug-likeness (QED) is 0.736. The molecule has 0 saturated carbocycles. The van der Waals surface area contributed by atoms with E-state index in [1.807, 2.05) is 32.2 Å². The molecule has 0 radical (unpaired) electrons. The molecule has 84 valence electrons. The Hall–Kier alpha value is -0.580. The van der Waals surface area contributed by atoms with Crippen LogP contribution < -0.4 is 11.1 Å². The minimum absolute atomic E-state index is 0.262. The Bertz CT molecular complexity index is 330. The minimum Gasteiger partial charge on any atom is -0.398 e. The fourth-order valence-electron chi connectivity index (χ4n) is 1.42. The number of para-hydroxylation sites is 1. The van der Waals surface area contributed by atoms with E-state index in [0.29, 0.717) is 12.1 Å². The molecule has 0 aliphatic carbocycles. The molecule has 3 nitrogen and oxygen atoms in total. The van der Waals surface area contributed by atoms with Gasteiger partial charge in [0.05, 0.1) is 11.8 Å². The van der Waals surface area contributed by atoms with Crippen LogP contribution >= 0.6 is 15.9 Å². The molecule has 0 fully saturated rings. The Kier molecular flexibility index (Phi) is 4.57. The Morgan fingerprint density at radius 3 is 2.80 bits per heavy atom. The van der Waals surface area contributed by atoms with Crippen LogP contribution in [-0.4, -0.2) is 18.2 Å². The molecular formula is C11H17BrN2O. The minimum atomic E-state index is -0.523. The van der Waals surface area contributed by atoms with Crippen LogP contribution in [0.2, 0.25) is 0 Å². The van der Waals surface area contributed by atoms with Gasteiger partial charge < -0.3 is 16.2 Å². The van der Waals surface area contributed by atoms with E-state index < -0.39 is 6.10 Å². The number of aliphatic hydroxyl groups is 1. The lowest BCUT2D eigenvalue weighted by atomic mass is 10.0. The maximum absolute atomic E-state index is 9.99. The molecule has 0 aromatic heterocycles. The first-order chi connectivity index (χ1) is 7.06. The Balaban J connectivity index is 2.82. The molecule has 0 bridgehead atoms. The molecule has 4 N–H and O–H groups in total. The summed E-state index contributed by atoms with van der Waals surface area (Å²) in [5, 5.41) is 13.1. The Morgan fingerprint density at radius 2 is 2.20 bits per heavy atom. The van der Waals surface area contributed by atoms with Gasteiger partial charge in [-0.2, -0.15) is 0 Å². The summed E-state index contributed by atoms with van der Waals surface area (Å²) in [6, 6.07) is 5.86. The molecule has 0 aliphatic rings. The van der Waals surface area contributed by atoms with Crippen LogP contribution in [0.3, 0.4) is 0 Å². The van der Waals surface area contributed by atoms with Gasteiger partial charge in [0.2, 0.25) is 0 Å². The summed E-state index contributed by atoms with van der Waals surface area (Å²) >= 11 is 3.35. The van der Waals surface area contributed by atoms with Crippen LogP contribution in [0.4, 0.5) is 5.69 Å². The number of anilines is 1. The lowest BCUT2D eigenvalue weighted by molar-refractivity contribution is 0.156. The second kappa shape index (κ2) is 5.49. The number of aliphatic hydroxyl groups excluding tert-OH is 1. The lowest BCUT2D eigenvalue weighted by Crippen LogP contribution is -2.23. The first-order valence-electron chi connectivity index (χ1n) is 4.95. The van der Waals surface area contributed by atoms with Gasteiger partial charge in [-0.3, -0.25) is 0 Å². The zero-order valence-corrected chi connectivity index (χ0v) is 10.6. The lowest BCUT2D eigenvalue weighted by Gasteiger charge is -2.18. The predicted octanol–water partition coefficient (Wildman–Crippen LogP) is 2.06. The smallest absolute Gasteiger partial charge is 0.0825 e. The van der Waals surface area contributed by atoms with Crippen molar-refractivity contribution in [2.24, 2.45) is 0 Å². The van der Waals surface area contributed by atoms with Crippen molar-refractivity contribution in [2.75, 3.05) is 12.8 Å². The summed E-state index contributed by atoms with van der Waals surface area (Å²) in [4.78, 5) is 0. The maximum Gasteiger partial charge on any atom is 0.0825 e. The normalized spacial score (nSPS) is 14.9. The van der Waals surface area contributed by atoms with E-state index in [2.05, 4.69) is 21.2 Å². The number of nitrogen functional groups attached to an aromatic ring is 1. The predicted molar refractivity (Wildman–Crippen MR) is 66.7 cm³/mol. The summed E-state index contributed by atoms with van der Waals surface area (Å²) in [5.74, 6) is 0. The molecule has 4 heteroatoms. The number of rotatable bonds is 4. The van der Waals surface area contributed by atoms with Crippen molar-refractivity contribution in [3.63, 3.8) is 0 Å². The zero-order valence-electron chi connectivity index (χ0n) is 9.00. The molecular weight excluding hydrogens is 256 g/mol. The van der Waals surface area contributed by atoms with E-state index in [4.69, 9.17) is 5.73 Å². The highest BCUT2D eigenvalue weighted by atomic mass is 79.9. The van der Waals surface area contributed by atoms with Gasteiger partial charge in [-0.1, -0.05) is 12.1 Å². The van der Waals surface area contributed by atoms with Gasteiger partial charge in [-0.25, -0.2) is 0 Å². The van der Waals surface area contributed by atoms with E-state index in [0.717, 1.165) is 10.0 Å². The third-order valence-electron chi connectivity index (χ3n) is 2.52. The summed E-state index contributed by atoms with van der Waals surface area (Å²) in [6.45, 7) is 2.03. The standard InChI is InChI=1S/C11H17BrN2O/c1-7(14-2)6-10(15)8-4-3-5-9(12)11(8)13/h3-5,7,10,14-15H,6,13H2,1-2H3. The van der Waals surface area contributed by atoms with Gasteiger partial charge in [0.15, 0.2) is 0 Å².